The number of benzene rings is 2. The number of nitrogens with zero attached hydrogens (tertiary/aromatic N) is 2. The van der Waals surface area contributed by atoms with E-state index in [2.05, 4.69) is 10.3 Å². The average molecular weight is 396 g/mol. The van der Waals surface area contributed by atoms with Crippen LogP contribution in [0, 0.1) is 0 Å². The molecule has 0 aliphatic carbocycles. The maximum atomic E-state index is 12.8. The normalized spacial score (nSPS) is 16.2. The molecule has 1 fully saturated rings. The molecule has 28 heavy (non-hydrogen) atoms. The summed E-state index contributed by atoms with van der Waals surface area (Å²) in [7, 11) is 0. The lowest BCUT2D eigenvalue weighted by molar-refractivity contribution is -0.143. The molecule has 1 saturated heterocycles. The average Bonchev–Trinajstić information content (AvgIpc) is 3.40. The number of hydrogen-bond acceptors (Lipinski definition) is 4. The number of aromatic nitrogens is 1. The second-order valence-corrected chi connectivity index (χ2v) is 7.05. The summed E-state index contributed by atoms with van der Waals surface area (Å²) in [5.41, 5.74) is 2.27. The number of halogens is 1. The Hall–Kier alpha value is -3.12. The van der Waals surface area contributed by atoms with Gasteiger partial charge in [0.1, 0.15) is 0 Å². The van der Waals surface area contributed by atoms with Crippen molar-refractivity contribution >= 4 is 29.1 Å². The first kappa shape index (κ1) is 18.3. The van der Waals surface area contributed by atoms with E-state index in [1.54, 1.807) is 41.4 Å². The Kier molecular flexibility index (Phi) is 5.12. The van der Waals surface area contributed by atoms with Gasteiger partial charge in [0.25, 0.3) is 0 Å². The largest absolute Gasteiger partial charge is 0.444 e. The van der Waals surface area contributed by atoms with Crippen LogP contribution in [0.5, 0.6) is 0 Å². The van der Waals surface area contributed by atoms with Crippen molar-refractivity contribution in [3.8, 4) is 11.3 Å². The van der Waals surface area contributed by atoms with Crippen molar-refractivity contribution in [2.75, 3.05) is 11.9 Å². The number of hydrogen-bond donors (Lipinski definition) is 1. The molecule has 142 valence electrons. The molecule has 0 bridgehead atoms. The molecule has 1 aromatic heterocycles. The molecule has 0 unspecified atom stereocenters. The lowest BCUT2D eigenvalue weighted by Gasteiger charge is -2.24. The van der Waals surface area contributed by atoms with E-state index in [1.807, 2.05) is 18.2 Å². The molecule has 6 nitrogen and oxygen atoms in total. The highest BCUT2D eigenvalue weighted by Gasteiger charge is 2.33. The molecule has 0 radical (unpaired) electrons. The highest BCUT2D eigenvalue weighted by Crippen LogP contribution is 2.32. The summed E-state index contributed by atoms with van der Waals surface area (Å²) in [5.74, 6) is -0.608. The van der Waals surface area contributed by atoms with Crippen LogP contribution in [0.1, 0.15) is 24.4 Å². The van der Waals surface area contributed by atoms with Gasteiger partial charge in [-0.3, -0.25) is 9.59 Å². The first-order valence-corrected chi connectivity index (χ1v) is 9.36. The molecule has 1 aliphatic heterocycles. The number of amides is 2. The Morgan fingerprint density at radius 2 is 2.00 bits per heavy atom. The van der Waals surface area contributed by atoms with Crippen molar-refractivity contribution in [3.63, 3.8) is 0 Å². The van der Waals surface area contributed by atoms with Crippen molar-refractivity contribution in [2.24, 2.45) is 0 Å². The third-order valence-electron chi connectivity index (χ3n) is 4.80. The van der Waals surface area contributed by atoms with Gasteiger partial charge in [0.15, 0.2) is 12.2 Å². The van der Waals surface area contributed by atoms with E-state index < -0.39 is 11.8 Å². The number of anilines is 1. The number of oxazole rings is 1. The summed E-state index contributed by atoms with van der Waals surface area (Å²) in [6.45, 7) is 0.553. The fourth-order valence-electron chi connectivity index (χ4n) is 3.46. The van der Waals surface area contributed by atoms with Gasteiger partial charge < -0.3 is 14.6 Å². The summed E-state index contributed by atoms with van der Waals surface area (Å²) >= 11 is 5.95. The molecule has 4 rings (SSSR count). The lowest BCUT2D eigenvalue weighted by Crippen LogP contribution is -2.39. The van der Waals surface area contributed by atoms with Crippen LogP contribution in [0.25, 0.3) is 11.3 Å². The quantitative estimate of drug-likeness (QED) is 0.671. The summed E-state index contributed by atoms with van der Waals surface area (Å²) in [6.07, 6.45) is 4.61. The van der Waals surface area contributed by atoms with E-state index in [0.717, 1.165) is 24.0 Å². The number of likely N-dealkylation sites (tertiary alicyclic amines) is 1. The van der Waals surface area contributed by atoms with Crippen LogP contribution >= 0.6 is 11.6 Å². The third kappa shape index (κ3) is 3.77. The maximum Gasteiger partial charge on any atom is 0.313 e. The van der Waals surface area contributed by atoms with E-state index in [9.17, 15) is 9.59 Å². The van der Waals surface area contributed by atoms with Gasteiger partial charge in [-0.2, -0.15) is 0 Å². The Balaban J connectivity index is 1.48. The second-order valence-electron chi connectivity index (χ2n) is 6.61. The predicted octanol–water partition coefficient (Wildman–Crippen LogP) is 4.30. The standard InChI is InChI=1S/C21H18ClN3O3/c22-16-8-6-14(7-9-16)18-5-2-10-25(18)21(27)20(26)24-17-4-1-3-15(11-17)19-12-23-13-28-19/h1,3-4,6-9,11-13,18H,2,5,10H2,(H,24,26)/t18-/m1/s1. The zero-order chi connectivity index (χ0) is 19.5. The molecule has 1 atom stereocenters. The minimum atomic E-state index is -0.657. The van der Waals surface area contributed by atoms with Crippen LogP contribution in [-0.2, 0) is 9.59 Å². The molecule has 2 amide bonds. The molecule has 1 N–H and O–H groups in total. The first-order valence-electron chi connectivity index (χ1n) is 8.98. The molecular formula is C21H18ClN3O3. The van der Waals surface area contributed by atoms with E-state index in [4.69, 9.17) is 16.0 Å². The van der Waals surface area contributed by atoms with Crippen LogP contribution in [0.2, 0.25) is 5.02 Å². The van der Waals surface area contributed by atoms with Crippen molar-refractivity contribution in [1.29, 1.82) is 0 Å². The maximum absolute atomic E-state index is 12.8. The minimum absolute atomic E-state index is 0.115. The van der Waals surface area contributed by atoms with Gasteiger partial charge in [-0.1, -0.05) is 35.9 Å². The third-order valence-corrected chi connectivity index (χ3v) is 5.05. The monoisotopic (exact) mass is 395 g/mol. The SMILES string of the molecule is O=C(Nc1cccc(-c2cnco2)c1)C(=O)N1CCC[C@@H]1c1ccc(Cl)cc1. The molecule has 2 heterocycles. The van der Waals surface area contributed by atoms with E-state index in [1.165, 1.54) is 6.39 Å². The number of carbonyl (C=O) groups is 2. The van der Waals surface area contributed by atoms with Crippen LogP contribution in [-0.4, -0.2) is 28.2 Å². The zero-order valence-corrected chi connectivity index (χ0v) is 15.7. The van der Waals surface area contributed by atoms with Crippen LogP contribution in [0.4, 0.5) is 5.69 Å². The van der Waals surface area contributed by atoms with Crippen molar-refractivity contribution in [3.05, 3.63) is 71.7 Å². The summed E-state index contributed by atoms with van der Waals surface area (Å²) in [5, 5.41) is 3.33. The molecule has 2 aromatic carbocycles. The Bertz CT molecular complexity index is 986. The van der Waals surface area contributed by atoms with E-state index in [-0.39, 0.29) is 6.04 Å². The van der Waals surface area contributed by atoms with Crippen molar-refractivity contribution < 1.29 is 14.0 Å². The molecular weight excluding hydrogens is 378 g/mol. The molecule has 0 saturated carbocycles. The van der Waals surface area contributed by atoms with Gasteiger partial charge in [0.05, 0.1) is 12.2 Å². The van der Waals surface area contributed by atoms with Gasteiger partial charge in [0.2, 0.25) is 0 Å². The molecule has 0 spiro atoms. The Labute approximate surface area is 167 Å². The first-order chi connectivity index (χ1) is 13.6. The fraction of sp³-hybridized carbons (Fsp3) is 0.190. The van der Waals surface area contributed by atoms with Gasteiger partial charge >= 0.3 is 11.8 Å². The van der Waals surface area contributed by atoms with E-state index >= 15 is 0 Å². The number of nitrogens with one attached hydrogen (secondary N) is 1. The molecule has 3 aromatic rings. The number of rotatable bonds is 3. The van der Waals surface area contributed by atoms with Crippen LogP contribution in [0.15, 0.2) is 65.5 Å². The van der Waals surface area contributed by atoms with Crippen molar-refractivity contribution in [1.82, 2.24) is 9.88 Å². The van der Waals surface area contributed by atoms with E-state index in [0.29, 0.717) is 23.0 Å². The van der Waals surface area contributed by atoms with Crippen LogP contribution < -0.4 is 5.32 Å². The zero-order valence-electron chi connectivity index (χ0n) is 15.0. The highest BCUT2D eigenvalue weighted by atomic mass is 35.5. The van der Waals surface area contributed by atoms with Crippen LogP contribution in [0.3, 0.4) is 0 Å². The summed E-state index contributed by atoms with van der Waals surface area (Å²) in [4.78, 5) is 30.9. The summed E-state index contributed by atoms with van der Waals surface area (Å²) in [6, 6.07) is 14.4. The molecule has 7 heteroatoms. The lowest BCUT2D eigenvalue weighted by atomic mass is 10.0. The Morgan fingerprint density at radius 3 is 2.75 bits per heavy atom. The van der Waals surface area contributed by atoms with Gasteiger partial charge in [-0.25, -0.2) is 4.98 Å². The molecule has 1 aliphatic rings. The topological polar surface area (TPSA) is 75.4 Å². The second kappa shape index (κ2) is 7.86. The fourth-order valence-corrected chi connectivity index (χ4v) is 3.59. The van der Waals surface area contributed by atoms with Gasteiger partial charge in [-0.15, -0.1) is 0 Å². The Morgan fingerprint density at radius 1 is 1.18 bits per heavy atom. The van der Waals surface area contributed by atoms with Gasteiger partial charge in [-0.05, 0) is 42.7 Å². The minimum Gasteiger partial charge on any atom is -0.444 e. The van der Waals surface area contributed by atoms with Crippen molar-refractivity contribution in [2.45, 2.75) is 18.9 Å². The van der Waals surface area contributed by atoms with Gasteiger partial charge in [0, 0.05) is 22.8 Å². The number of carbonyl (C=O) groups excluding carboxylic acids is 2. The smallest absolute Gasteiger partial charge is 0.313 e. The highest BCUT2D eigenvalue weighted by molar-refractivity contribution is 6.39. The summed E-state index contributed by atoms with van der Waals surface area (Å²) < 4.78 is 5.27. The predicted molar refractivity (Wildman–Crippen MR) is 106 cm³/mol.